The summed E-state index contributed by atoms with van der Waals surface area (Å²) in [5.41, 5.74) is 6.76. The second kappa shape index (κ2) is 4.54. The number of nitro groups is 1. The number of benzene rings is 1. The second-order valence-corrected chi connectivity index (χ2v) is 5.16. The molecule has 5 nitrogen and oxygen atoms in total. The summed E-state index contributed by atoms with van der Waals surface area (Å²) in [6.07, 6.45) is 1.93. The standard InChI is InChI=1S/C10H12IN3O2/c11-9-5-7(1-2-10(9)14(15)16)13-8-3-6(12)4-8/h1-2,5-6,8,13H,3-4,12H2. The average molecular weight is 333 g/mol. The molecule has 0 aliphatic heterocycles. The lowest BCUT2D eigenvalue weighted by molar-refractivity contribution is -0.385. The number of halogens is 1. The van der Waals surface area contributed by atoms with Crippen molar-refractivity contribution >= 4 is 34.0 Å². The Bertz CT molecular complexity index is 419. The number of nitrogens with zero attached hydrogens (tertiary/aromatic N) is 1. The van der Waals surface area contributed by atoms with Crippen LogP contribution in [0, 0.1) is 13.7 Å². The molecule has 0 aromatic heterocycles. The Morgan fingerprint density at radius 1 is 1.50 bits per heavy atom. The zero-order chi connectivity index (χ0) is 11.7. The van der Waals surface area contributed by atoms with E-state index in [0.717, 1.165) is 18.5 Å². The predicted octanol–water partition coefficient (Wildman–Crippen LogP) is 2.10. The van der Waals surface area contributed by atoms with Crippen molar-refractivity contribution in [3.63, 3.8) is 0 Å². The molecule has 16 heavy (non-hydrogen) atoms. The van der Waals surface area contributed by atoms with Crippen LogP contribution in [0.3, 0.4) is 0 Å². The van der Waals surface area contributed by atoms with Crippen LogP contribution in [0.2, 0.25) is 0 Å². The number of hydrogen-bond acceptors (Lipinski definition) is 4. The molecule has 0 amide bonds. The van der Waals surface area contributed by atoms with Gasteiger partial charge in [0, 0.05) is 23.8 Å². The minimum absolute atomic E-state index is 0.150. The summed E-state index contributed by atoms with van der Waals surface area (Å²) in [4.78, 5) is 10.3. The summed E-state index contributed by atoms with van der Waals surface area (Å²) >= 11 is 1.98. The predicted molar refractivity (Wildman–Crippen MR) is 70.4 cm³/mol. The van der Waals surface area contributed by atoms with Crippen LogP contribution in [0.5, 0.6) is 0 Å². The molecule has 1 aromatic carbocycles. The van der Waals surface area contributed by atoms with Crippen molar-refractivity contribution in [3.8, 4) is 0 Å². The highest BCUT2D eigenvalue weighted by Gasteiger charge is 2.25. The van der Waals surface area contributed by atoms with Gasteiger partial charge < -0.3 is 11.1 Å². The molecular formula is C10H12IN3O2. The molecule has 0 atom stereocenters. The van der Waals surface area contributed by atoms with Crippen LogP contribution in [0.1, 0.15) is 12.8 Å². The smallest absolute Gasteiger partial charge is 0.282 e. The van der Waals surface area contributed by atoms with Gasteiger partial charge in [0.2, 0.25) is 0 Å². The fourth-order valence-electron chi connectivity index (χ4n) is 1.76. The van der Waals surface area contributed by atoms with Gasteiger partial charge in [0.25, 0.3) is 5.69 Å². The largest absolute Gasteiger partial charge is 0.382 e. The summed E-state index contributed by atoms with van der Waals surface area (Å²) in [6.45, 7) is 0. The first kappa shape index (κ1) is 11.6. The summed E-state index contributed by atoms with van der Waals surface area (Å²) in [7, 11) is 0. The van der Waals surface area contributed by atoms with Crippen LogP contribution in [0.15, 0.2) is 18.2 Å². The van der Waals surface area contributed by atoms with Gasteiger partial charge in [-0.2, -0.15) is 0 Å². The van der Waals surface area contributed by atoms with Gasteiger partial charge in [0.15, 0.2) is 0 Å². The van der Waals surface area contributed by atoms with Gasteiger partial charge in [0.05, 0.1) is 8.49 Å². The molecule has 3 N–H and O–H groups in total. The Balaban J connectivity index is 2.06. The highest BCUT2D eigenvalue weighted by Crippen LogP contribution is 2.27. The Kier molecular flexibility index (Phi) is 3.29. The van der Waals surface area contributed by atoms with Crippen LogP contribution in [-0.2, 0) is 0 Å². The Morgan fingerprint density at radius 2 is 2.19 bits per heavy atom. The van der Waals surface area contributed by atoms with Gasteiger partial charge in [-0.1, -0.05) is 0 Å². The molecule has 0 unspecified atom stereocenters. The Hall–Kier alpha value is -0.890. The van der Waals surface area contributed by atoms with E-state index < -0.39 is 0 Å². The fraction of sp³-hybridized carbons (Fsp3) is 0.400. The molecule has 0 saturated heterocycles. The van der Waals surface area contributed by atoms with Crippen molar-refractivity contribution in [2.75, 3.05) is 5.32 Å². The van der Waals surface area contributed by atoms with Crippen molar-refractivity contribution < 1.29 is 4.92 Å². The topological polar surface area (TPSA) is 81.2 Å². The minimum Gasteiger partial charge on any atom is -0.382 e. The molecule has 6 heteroatoms. The van der Waals surface area contributed by atoms with E-state index in [1.807, 2.05) is 22.6 Å². The maximum Gasteiger partial charge on any atom is 0.282 e. The summed E-state index contributed by atoms with van der Waals surface area (Å²) in [6, 6.07) is 5.77. The molecule has 1 aromatic rings. The molecular weight excluding hydrogens is 321 g/mol. The van der Waals surface area contributed by atoms with Gasteiger partial charge in [-0.25, -0.2) is 0 Å². The molecule has 0 radical (unpaired) electrons. The number of nitrogens with one attached hydrogen (secondary N) is 1. The highest BCUT2D eigenvalue weighted by atomic mass is 127. The molecule has 0 spiro atoms. The number of nitro benzene ring substituents is 1. The van der Waals surface area contributed by atoms with Crippen molar-refractivity contribution in [3.05, 3.63) is 31.9 Å². The SMILES string of the molecule is NC1CC(Nc2ccc([N+](=O)[O-])c(I)c2)C1. The van der Waals surface area contributed by atoms with E-state index in [9.17, 15) is 10.1 Å². The first-order valence-corrected chi connectivity index (χ1v) is 6.10. The third kappa shape index (κ3) is 2.43. The van der Waals surface area contributed by atoms with E-state index >= 15 is 0 Å². The van der Waals surface area contributed by atoms with Crippen molar-refractivity contribution in [1.29, 1.82) is 0 Å². The average Bonchev–Trinajstić information content (AvgIpc) is 2.15. The molecule has 86 valence electrons. The maximum absolute atomic E-state index is 10.6. The van der Waals surface area contributed by atoms with Gasteiger partial charge in [0.1, 0.15) is 0 Å². The molecule has 0 bridgehead atoms. The van der Waals surface area contributed by atoms with E-state index in [1.165, 1.54) is 6.07 Å². The first-order valence-electron chi connectivity index (χ1n) is 5.02. The third-order valence-corrected chi connectivity index (χ3v) is 3.55. The first-order chi connectivity index (χ1) is 7.56. The van der Waals surface area contributed by atoms with Crippen LogP contribution in [0.4, 0.5) is 11.4 Å². The van der Waals surface area contributed by atoms with Crippen molar-refractivity contribution in [2.24, 2.45) is 5.73 Å². The molecule has 1 fully saturated rings. The molecule has 1 aliphatic carbocycles. The number of nitrogens with two attached hydrogens (primary N) is 1. The number of hydrogen-bond donors (Lipinski definition) is 2. The quantitative estimate of drug-likeness (QED) is 0.504. The summed E-state index contributed by atoms with van der Waals surface area (Å²) < 4.78 is 0.649. The molecule has 1 aliphatic rings. The fourth-order valence-corrected chi connectivity index (χ4v) is 2.47. The third-order valence-electron chi connectivity index (χ3n) is 2.69. The monoisotopic (exact) mass is 333 g/mol. The second-order valence-electron chi connectivity index (χ2n) is 4.00. The van der Waals surface area contributed by atoms with E-state index in [2.05, 4.69) is 5.32 Å². The summed E-state index contributed by atoms with van der Waals surface area (Å²) in [5, 5.41) is 13.9. The summed E-state index contributed by atoms with van der Waals surface area (Å²) in [5.74, 6) is 0. The Labute approximate surface area is 107 Å². The van der Waals surface area contributed by atoms with Crippen LogP contribution in [0.25, 0.3) is 0 Å². The van der Waals surface area contributed by atoms with E-state index in [1.54, 1.807) is 12.1 Å². The highest BCUT2D eigenvalue weighted by molar-refractivity contribution is 14.1. The Morgan fingerprint density at radius 3 is 2.69 bits per heavy atom. The van der Waals surface area contributed by atoms with Gasteiger partial charge in [-0.3, -0.25) is 10.1 Å². The van der Waals surface area contributed by atoms with E-state index in [4.69, 9.17) is 5.73 Å². The molecule has 0 heterocycles. The molecule has 2 rings (SSSR count). The zero-order valence-electron chi connectivity index (χ0n) is 8.52. The molecule has 1 saturated carbocycles. The van der Waals surface area contributed by atoms with Crippen LogP contribution in [-0.4, -0.2) is 17.0 Å². The van der Waals surface area contributed by atoms with E-state index in [0.29, 0.717) is 15.7 Å². The van der Waals surface area contributed by atoms with Crippen molar-refractivity contribution in [1.82, 2.24) is 0 Å². The lowest BCUT2D eigenvalue weighted by atomic mass is 9.87. The number of anilines is 1. The van der Waals surface area contributed by atoms with Gasteiger partial charge >= 0.3 is 0 Å². The lowest BCUT2D eigenvalue weighted by Gasteiger charge is -2.33. The van der Waals surface area contributed by atoms with Crippen LogP contribution >= 0.6 is 22.6 Å². The van der Waals surface area contributed by atoms with Crippen LogP contribution < -0.4 is 11.1 Å². The van der Waals surface area contributed by atoms with E-state index in [-0.39, 0.29) is 10.6 Å². The zero-order valence-corrected chi connectivity index (χ0v) is 10.7. The lowest BCUT2D eigenvalue weighted by Crippen LogP contribution is -2.44. The maximum atomic E-state index is 10.6. The normalized spacial score (nSPS) is 23.6. The van der Waals surface area contributed by atoms with Gasteiger partial charge in [-0.05, 0) is 47.6 Å². The number of rotatable bonds is 3. The van der Waals surface area contributed by atoms with Crippen molar-refractivity contribution in [2.45, 2.75) is 24.9 Å². The minimum atomic E-state index is -0.370. The van der Waals surface area contributed by atoms with Gasteiger partial charge in [-0.15, -0.1) is 0 Å².